The van der Waals surface area contributed by atoms with E-state index in [-0.39, 0.29) is 13.0 Å². The average Bonchev–Trinajstić information content (AvgIpc) is 2.78. The molecule has 1 rings (SSSR count). The molecule has 0 unspecified atom stereocenters. The molecule has 0 aliphatic carbocycles. The predicted octanol–water partition coefficient (Wildman–Crippen LogP) is 1.89. The molecule has 0 spiro atoms. The highest BCUT2D eigenvalue weighted by Gasteiger charge is 2.27. The summed E-state index contributed by atoms with van der Waals surface area (Å²) in [6.07, 6.45) is -0.802. The molecule has 0 aromatic carbocycles. The fourth-order valence-corrected chi connectivity index (χ4v) is 2.07. The molecule has 1 aromatic rings. The zero-order valence-corrected chi connectivity index (χ0v) is 10.1. The van der Waals surface area contributed by atoms with E-state index >= 15 is 0 Å². The summed E-state index contributed by atoms with van der Waals surface area (Å²) < 4.78 is 4.74. The van der Waals surface area contributed by atoms with Crippen LogP contribution in [0.4, 0.5) is 0 Å². The third-order valence-corrected chi connectivity index (χ3v) is 2.96. The van der Waals surface area contributed by atoms with E-state index in [1.165, 1.54) is 11.3 Å². The van der Waals surface area contributed by atoms with Gasteiger partial charge in [0.25, 0.3) is 0 Å². The van der Waals surface area contributed by atoms with Crippen LogP contribution < -0.4 is 0 Å². The third-order valence-electron chi connectivity index (χ3n) is 2.06. The van der Waals surface area contributed by atoms with Crippen LogP contribution in [-0.4, -0.2) is 29.8 Å². The standard InChI is InChI=1S/C10H13N3O3S/c1-2-16-10(15)9(12-13-11)8(14)6-7-4-3-5-17-7/h3-5,8-9,14H,2,6H2,1H3/t8-,9-/m1/s1. The number of carbonyl (C=O) groups excluding carboxylic acids is 1. The van der Waals surface area contributed by atoms with Gasteiger partial charge in [-0.3, -0.25) is 4.79 Å². The number of ether oxygens (including phenoxy) is 1. The summed E-state index contributed by atoms with van der Waals surface area (Å²) in [5.74, 6) is -0.700. The Morgan fingerprint density at radius 1 is 1.76 bits per heavy atom. The summed E-state index contributed by atoms with van der Waals surface area (Å²) in [5.41, 5.74) is 8.37. The lowest BCUT2D eigenvalue weighted by Gasteiger charge is -2.16. The summed E-state index contributed by atoms with van der Waals surface area (Å²) in [5, 5.41) is 15.0. The molecule has 0 aliphatic heterocycles. The Morgan fingerprint density at radius 2 is 2.53 bits per heavy atom. The maximum absolute atomic E-state index is 11.5. The van der Waals surface area contributed by atoms with Gasteiger partial charge < -0.3 is 9.84 Å². The number of esters is 1. The lowest BCUT2D eigenvalue weighted by molar-refractivity contribution is -0.147. The fourth-order valence-electron chi connectivity index (χ4n) is 1.31. The molecular weight excluding hydrogens is 242 g/mol. The van der Waals surface area contributed by atoms with E-state index < -0.39 is 18.1 Å². The SMILES string of the molecule is CCOC(=O)[C@H](N=[N+]=[N-])[C@H](O)Cc1cccs1. The van der Waals surface area contributed by atoms with Gasteiger partial charge in [-0.2, -0.15) is 0 Å². The van der Waals surface area contributed by atoms with Gasteiger partial charge in [-0.15, -0.1) is 11.3 Å². The number of thiophene rings is 1. The van der Waals surface area contributed by atoms with Crippen LogP contribution >= 0.6 is 11.3 Å². The van der Waals surface area contributed by atoms with E-state index in [0.29, 0.717) is 0 Å². The van der Waals surface area contributed by atoms with Gasteiger partial charge in [-0.05, 0) is 23.9 Å². The van der Waals surface area contributed by atoms with Crippen LogP contribution in [0.1, 0.15) is 11.8 Å². The number of nitrogens with zero attached hydrogens (tertiary/aromatic N) is 3. The molecule has 1 N–H and O–H groups in total. The first kappa shape index (κ1) is 13.5. The first-order valence-electron chi connectivity index (χ1n) is 5.10. The van der Waals surface area contributed by atoms with Crippen LogP contribution in [0.3, 0.4) is 0 Å². The second-order valence-electron chi connectivity index (χ2n) is 3.25. The van der Waals surface area contributed by atoms with Crippen molar-refractivity contribution >= 4 is 17.3 Å². The van der Waals surface area contributed by atoms with Gasteiger partial charge in [0.15, 0.2) is 6.04 Å². The maximum Gasteiger partial charge on any atom is 0.317 e. The third kappa shape index (κ3) is 4.07. The summed E-state index contributed by atoms with van der Waals surface area (Å²) >= 11 is 1.46. The van der Waals surface area contributed by atoms with Crippen molar-refractivity contribution in [3.8, 4) is 0 Å². The second-order valence-corrected chi connectivity index (χ2v) is 4.28. The molecule has 1 heterocycles. The molecular formula is C10H13N3O3S. The topological polar surface area (TPSA) is 95.3 Å². The van der Waals surface area contributed by atoms with E-state index in [4.69, 9.17) is 10.3 Å². The van der Waals surface area contributed by atoms with Crippen LogP contribution in [0.25, 0.3) is 10.4 Å². The van der Waals surface area contributed by atoms with Crippen molar-refractivity contribution < 1.29 is 14.6 Å². The number of aliphatic hydroxyl groups is 1. The zero-order valence-electron chi connectivity index (χ0n) is 9.31. The van der Waals surface area contributed by atoms with Crippen LogP contribution in [-0.2, 0) is 16.0 Å². The molecule has 2 atom stereocenters. The molecule has 1 aromatic heterocycles. The Kier molecular flexibility index (Phi) is 5.48. The molecule has 92 valence electrons. The number of azide groups is 1. The fraction of sp³-hybridized carbons (Fsp3) is 0.500. The highest BCUT2D eigenvalue weighted by molar-refractivity contribution is 7.09. The Morgan fingerprint density at radius 3 is 3.06 bits per heavy atom. The molecule has 0 fully saturated rings. The Balaban J connectivity index is 2.69. The predicted molar refractivity (Wildman–Crippen MR) is 63.6 cm³/mol. The van der Waals surface area contributed by atoms with Crippen LogP contribution in [0.5, 0.6) is 0 Å². The number of rotatable bonds is 6. The van der Waals surface area contributed by atoms with Crippen molar-refractivity contribution in [2.24, 2.45) is 5.11 Å². The van der Waals surface area contributed by atoms with E-state index in [1.807, 2.05) is 17.5 Å². The molecule has 0 saturated carbocycles. The van der Waals surface area contributed by atoms with Crippen LogP contribution in [0.15, 0.2) is 22.6 Å². The first-order valence-corrected chi connectivity index (χ1v) is 5.98. The van der Waals surface area contributed by atoms with E-state index in [1.54, 1.807) is 6.92 Å². The number of hydrogen-bond acceptors (Lipinski definition) is 5. The first-order chi connectivity index (χ1) is 8.19. The summed E-state index contributed by atoms with van der Waals surface area (Å²) in [7, 11) is 0. The summed E-state index contributed by atoms with van der Waals surface area (Å²) in [6.45, 7) is 1.83. The smallest absolute Gasteiger partial charge is 0.317 e. The average molecular weight is 255 g/mol. The lowest BCUT2D eigenvalue weighted by Crippen LogP contribution is -2.35. The Labute approximate surface area is 102 Å². The second kappa shape index (κ2) is 6.90. The lowest BCUT2D eigenvalue weighted by atomic mass is 10.1. The van der Waals surface area contributed by atoms with Crippen molar-refractivity contribution in [3.05, 3.63) is 32.8 Å². The van der Waals surface area contributed by atoms with Gasteiger partial charge in [-0.1, -0.05) is 11.2 Å². The van der Waals surface area contributed by atoms with Crippen LogP contribution in [0.2, 0.25) is 0 Å². The molecule has 17 heavy (non-hydrogen) atoms. The van der Waals surface area contributed by atoms with Crippen molar-refractivity contribution in [1.82, 2.24) is 0 Å². The van der Waals surface area contributed by atoms with E-state index in [9.17, 15) is 9.90 Å². The highest BCUT2D eigenvalue weighted by Crippen LogP contribution is 2.15. The van der Waals surface area contributed by atoms with E-state index in [0.717, 1.165) is 4.88 Å². The molecule has 0 saturated heterocycles. The Hall–Kier alpha value is -1.56. The minimum absolute atomic E-state index is 0.183. The highest BCUT2D eigenvalue weighted by atomic mass is 32.1. The largest absolute Gasteiger partial charge is 0.466 e. The van der Waals surface area contributed by atoms with Gasteiger partial charge in [-0.25, -0.2) is 0 Å². The molecule has 7 heteroatoms. The summed E-state index contributed by atoms with van der Waals surface area (Å²) in [4.78, 5) is 14.9. The normalized spacial score (nSPS) is 13.5. The number of hydrogen-bond donors (Lipinski definition) is 1. The van der Waals surface area contributed by atoms with E-state index in [2.05, 4.69) is 10.0 Å². The molecule has 0 amide bonds. The zero-order chi connectivity index (χ0) is 12.7. The monoisotopic (exact) mass is 255 g/mol. The molecule has 0 bridgehead atoms. The number of aliphatic hydroxyl groups excluding tert-OH is 1. The number of carbonyl (C=O) groups is 1. The van der Waals surface area contributed by atoms with Crippen molar-refractivity contribution in [2.45, 2.75) is 25.5 Å². The minimum atomic E-state index is -1.19. The molecule has 0 radical (unpaired) electrons. The van der Waals surface area contributed by atoms with Crippen molar-refractivity contribution in [1.29, 1.82) is 0 Å². The van der Waals surface area contributed by atoms with Gasteiger partial charge in [0.1, 0.15) is 0 Å². The van der Waals surface area contributed by atoms with Crippen LogP contribution in [0, 0.1) is 0 Å². The summed E-state index contributed by atoms with van der Waals surface area (Å²) in [6, 6.07) is 2.49. The van der Waals surface area contributed by atoms with Gasteiger partial charge in [0.2, 0.25) is 0 Å². The van der Waals surface area contributed by atoms with Gasteiger partial charge in [0.05, 0.1) is 12.7 Å². The Bertz CT molecular complexity index is 401. The maximum atomic E-state index is 11.5. The minimum Gasteiger partial charge on any atom is -0.466 e. The van der Waals surface area contributed by atoms with Crippen molar-refractivity contribution in [3.63, 3.8) is 0 Å². The molecule has 0 aliphatic rings. The molecule has 6 nitrogen and oxygen atoms in total. The van der Waals surface area contributed by atoms with Crippen molar-refractivity contribution in [2.75, 3.05) is 6.61 Å². The van der Waals surface area contributed by atoms with Gasteiger partial charge in [0, 0.05) is 16.2 Å². The quantitative estimate of drug-likeness (QED) is 0.364. The van der Waals surface area contributed by atoms with Gasteiger partial charge >= 0.3 is 5.97 Å².